The van der Waals surface area contributed by atoms with E-state index in [0.29, 0.717) is 6.42 Å². The van der Waals surface area contributed by atoms with E-state index >= 15 is 0 Å². The van der Waals surface area contributed by atoms with Crippen LogP contribution in [0, 0.1) is 22.5 Å². The molecule has 6 heteroatoms. The van der Waals surface area contributed by atoms with Crippen LogP contribution in [0.1, 0.15) is 31.7 Å². The Morgan fingerprint density at radius 1 is 1.55 bits per heavy atom. The van der Waals surface area contributed by atoms with Crippen molar-refractivity contribution in [2.45, 2.75) is 39.2 Å². The van der Waals surface area contributed by atoms with Crippen LogP contribution in [0.3, 0.4) is 0 Å². The Balaban J connectivity index is 2.22. The Hall–Kier alpha value is -2.11. The summed E-state index contributed by atoms with van der Waals surface area (Å²) in [5.74, 6) is -0.799. The van der Waals surface area contributed by atoms with Crippen LogP contribution >= 0.6 is 0 Å². The van der Waals surface area contributed by atoms with Gasteiger partial charge in [-0.3, -0.25) is 14.9 Å². The van der Waals surface area contributed by atoms with E-state index in [1.807, 2.05) is 0 Å². The predicted molar refractivity (Wildman–Crippen MR) is 74.8 cm³/mol. The molecule has 0 aromatic heterocycles. The molecule has 0 radical (unpaired) electrons. The smallest absolute Gasteiger partial charge is 0.311 e. The molecule has 1 aromatic carbocycles. The van der Waals surface area contributed by atoms with Gasteiger partial charge in [-0.2, -0.15) is 0 Å². The lowest BCUT2D eigenvalue weighted by Gasteiger charge is -2.29. The molecule has 1 saturated carbocycles. The number of nitro benzene ring substituents is 1. The zero-order valence-corrected chi connectivity index (χ0v) is 11.5. The summed E-state index contributed by atoms with van der Waals surface area (Å²) in [6, 6.07) is 4.42. The number of nitrogens with one attached hydrogen (secondary N) is 1. The maximum atomic E-state index is 11.4. The summed E-state index contributed by atoms with van der Waals surface area (Å²) in [6.07, 6.45) is 2.30. The first-order valence-electron chi connectivity index (χ1n) is 6.59. The number of carboxylic acid groups (broad SMARTS) is 1. The van der Waals surface area contributed by atoms with E-state index in [4.69, 9.17) is 0 Å². The summed E-state index contributed by atoms with van der Waals surface area (Å²) in [5.41, 5.74) is 0.767. The normalized spacial score (nSPS) is 25.4. The van der Waals surface area contributed by atoms with Crippen LogP contribution in [-0.4, -0.2) is 22.0 Å². The molecule has 0 spiro atoms. The van der Waals surface area contributed by atoms with Crippen molar-refractivity contribution in [1.29, 1.82) is 0 Å². The number of aliphatic carboxylic acids is 1. The molecule has 1 aliphatic carbocycles. The molecule has 1 aromatic rings. The fraction of sp³-hybridized carbons (Fsp3) is 0.500. The number of hydrogen-bond acceptors (Lipinski definition) is 4. The minimum absolute atomic E-state index is 0.0421. The molecular weight excluding hydrogens is 260 g/mol. The second kappa shape index (κ2) is 5.11. The van der Waals surface area contributed by atoms with Crippen LogP contribution in [0.5, 0.6) is 0 Å². The summed E-state index contributed by atoms with van der Waals surface area (Å²) < 4.78 is 0. The highest BCUT2D eigenvalue weighted by atomic mass is 16.6. The highest BCUT2D eigenvalue weighted by molar-refractivity contribution is 5.76. The van der Waals surface area contributed by atoms with Gasteiger partial charge in [-0.05, 0) is 38.3 Å². The molecule has 0 saturated heterocycles. The van der Waals surface area contributed by atoms with Gasteiger partial charge < -0.3 is 10.4 Å². The summed E-state index contributed by atoms with van der Waals surface area (Å²) in [6.45, 7) is 3.53. The average Bonchev–Trinajstić information content (AvgIpc) is 2.74. The fourth-order valence-corrected chi connectivity index (χ4v) is 2.76. The Morgan fingerprint density at radius 2 is 2.25 bits per heavy atom. The lowest BCUT2D eigenvalue weighted by Crippen LogP contribution is -2.40. The summed E-state index contributed by atoms with van der Waals surface area (Å²) in [5, 5.41) is 23.3. The number of anilines is 1. The molecule has 2 N–H and O–H groups in total. The van der Waals surface area contributed by atoms with Gasteiger partial charge in [0.05, 0.1) is 10.3 Å². The van der Waals surface area contributed by atoms with Crippen molar-refractivity contribution in [3.63, 3.8) is 0 Å². The largest absolute Gasteiger partial charge is 0.481 e. The fourth-order valence-electron chi connectivity index (χ4n) is 2.76. The van der Waals surface area contributed by atoms with E-state index in [0.717, 1.165) is 24.1 Å². The molecular formula is C14H18N2O4. The highest BCUT2D eigenvalue weighted by Gasteiger charge is 2.45. The van der Waals surface area contributed by atoms with Gasteiger partial charge in [0, 0.05) is 23.9 Å². The van der Waals surface area contributed by atoms with Crippen molar-refractivity contribution in [1.82, 2.24) is 0 Å². The topological polar surface area (TPSA) is 92.5 Å². The van der Waals surface area contributed by atoms with Gasteiger partial charge in [-0.1, -0.05) is 6.42 Å². The molecule has 20 heavy (non-hydrogen) atoms. The minimum atomic E-state index is -0.799. The van der Waals surface area contributed by atoms with Gasteiger partial charge >= 0.3 is 5.97 Å². The number of carbonyl (C=O) groups is 1. The molecule has 2 rings (SSSR count). The van der Waals surface area contributed by atoms with E-state index in [1.54, 1.807) is 19.9 Å². The van der Waals surface area contributed by atoms with Crippen molar-refractivity contribution in [3.05, 3.63) is 33.9 Å². The first-order chi connectivity index (χ1) is 9.34. The average molecular weight is 278 g/mol. The van der Waals surface area contributed by atoms with Gasteiger partial charge in [-0.25, -0.2) is 0 Å². The molecule has 2 unspecified atom stereocenters. The second-order valence-corrected chi connectivity index (χ2v) is 5.57. The summed E-state index contributed by atoms with van der Waals surface area (Å²) in [7, 11) is 0. The third-order valence-electron chi connectivity index (χ3n) is 4.20. The zero-order chi connectivity index (χ0) is 14.9. The standard InChI is InChI=1S/C14H18N2O4/c1-9-8-10(16(19)20)5-6-11(9)15-12-4-3-7-14(12,2)13(17)18/h5-6,8,12,15H,3-4,7H2,1-2H3,(H,17,18). The van der Waals surface area contributed by atoms with Crippen LogP contribution in [-0.2, 0) is 4.79 Å². The molecule has 1 fully saturated rings. The maximum absolute atomic E-state index is 11.4. The van der Waals surface area contributed by atoms with Crippen LogP contribution in [0.4, 0.5) is 11.4 Å². The third kappa shape index (κ3) is 2.45. The number of nitro groups is 1. The van der Waals surface area contributed by atoms with Crippen molar-refractivity contribution < 1.29 is 14.8 Å². The van der Waals surface area contributed by atoms with Gasteiger partial charge in [0.15, 0.2) is 0 Å². The second-order valence-electron chi connectivity index (χ2n) is 5.57. The van der Waals surface area contributed by atoms with Crippen LogP contribution in [0.15, 0.2) is 18.2 Å². The van der Waals surface area contributed by atoms with Gasteiger partial charge in [0.2, 0.25) is 0 Å². The number of nitrogens with zero attached hydrogens (tertiary/aromatic N) is 1. The molecule has 0 bridgehead atoms. The molecule has 1 aliphatic rings. The minimum Gasteiger partial charge on any atom is -0.481 e. The molecule has 0 amide bonds. The van der Waals surface area contributed by atoms with Gasteiger partial charge in [0.1, 0.15) is 0 Å². The first kappa shape index (κ1) is 14.3. The molecule has 108 valence electrons. The number of aryl methyl sites for hydroxylation is 1. The molecule has 6 nitrogen and oxygen atoms in total. The van der Waals surface area contributed by atoms with E-state index in [1.165, 1.54) is 12.1 Å². The van der Waals surface area contributed by atoms with Crippen LogP contribution in [0.25, 0.3) is 0 Å². The monoisotopic (exact) mass is 278 g/mol. The maximum Gasteiger partial charge on any atom is 0.311 e. The van der Waals surface area contributed by atoms with Crippen molar-refractivity contribution in [3.8, 4) is 0 Å². The quantitative estimate of drug-likeness (QED) is 0.652. The Labute approximate surface area is 117 Å². The number of rotatable bonds is 4. The SMILES string of the molecule is Cc1cc([N+](=O)[O-])ccc1NC1CCCC1(C)C(=O)O. The van der Waals surface area contributed by atoms with Crippen molar-refractivity contribution in [2.75, 3.05) is 5.32 Å². The summed E-state index contributed by atoms with van der Waals surface area (Å²) >= 11 is 0. The Kier molecular flexibility index (Phi) is 3.65. The number of non-ortho nitro benzene ring substituents is 1. The molecule has 2 atom stereocenters. The molecule has 0 aliphatic heterocycles. The predicted octanol–water partition coefficient (Wildman–Crippen LogP) is 2.96. The first-order valence-corrected chi connectivity index (χ1v) is 6.59. The van der Waals surface area contributed by atoms with E-state index in [2.05, 4.69) is 5.32 Å². The number of hydrogen-bond donors (Lipinski definition) is 2. The van der Waals surface area contributed by atoms with Gasteiger partial charge in [0.25, 0.3) is 5.69 Å². The van der Waals surface area contributed by atoms with Crippen LogP contribution in [0.2, 0.25) is 0 Å². The van der Waals surface area contributed by atoms with Crippen molar-refractivity contribution >= 4 is 17.3 Å². The van der Waals surface area contributed by atoms with E-state index < -0.39 is 16.3 Å². The number of carboxylic acids is 1. The Bertz CT molecular complexity index is 558. The van der Waals surface area contributed by atoms with Crippen molar-refractivity contribution in [2.24, 2.45) is 5.41 Å². The molecule has 0 heterocycles. The zero-order valence-electron chi connectivity index (χ0n) is 11.5. The lowest BCUT2D eigenvalue weighted by atomic mass is 9.84. The number of benzene rings is 1. The van der Waals surface area contributed by atoms with Crippen LogP contribution < -0.4 is 5.32 Å². The van der Waals surface area contributed by atoms with E-state index in [-0.39, 0.29) is 11.7 Å². The third-order valence-corrected chi connectivity index (χ3v) is 4.20. The Morgan fingerprint density at radius 3 is 2.80 bits per heavy atom. The van der Waals surface area contributed by atoms with E-state index in [9.17, 15) is 20.0 Å². The summed E-state index contributed by atoms with van der Waals surface area (Å²) in [4.78, 5) is 21.7. The highest BCUT2D eigenvalue weighted by Crippen LogP contribution is 2.40. The van der Waals surface area contributed by atoms with Gasteiger partial charge in [-0.15, -0.1) is 0 Å². The lowest BCUT2D eigenvalue weighted by molar-refractivity contribution is -0.384.